The molecule has 0 spiro atoms. The van der Waals surface area contributed by atoms with E-state index in [4.69, 9.17) is 9.47 Å². The van der Waals surface area contributed by atoms with Crippen molar-refractivity contribution in [2.45, 2.75) is 0 Å². The van der Waals surface area contributed by atoms with E-state index in [0.29, 0.717) is 18.8 Å². The first-order valence-corrected chi connectivity index (χ1v) is 8.82. The minimum Gasteiger partial charge on any atom is -0.451 e. The number of nitrogens with one attached hydrogen (secondary N) is 1. The number of nitrogens with zero attached hydrogens (tertiary/aromatic N) is 2. The van der Waals surface area contributed by atoms with Gasteiger partial charge in [0, 0.05) is 19.2 Å². The Labute approximate surface area is 162 Å². The zero-order chi connectivity index (χ0) is 19.8. The van der Waals surface area contributed by atoms with Crippen LogP contribution in [-0.4, -0.2) is 48.5 Å². The molecule has 7 heteroatoms. The normalized spacial score (nSPS) is 10.5. The SMILES string of the molecule is COCCNC(=O)COC(=O)c1cc(-c2ccccc2)nn1-c1ccccc1. The molecule has 0 atom stereocenters. The fourth-order valence-corrected chi connectivity index (χ4v) is 2.59. The number of ether oxygens (including phenoxy) is 2. The molecule has 0 radical (unpaired) electrons. The highest BCUT2D eigenvalue weighted by molar-refractivity contribution is 5.91. The Balaban J connectivity index is 1.81. The van der Waals surface area contributed by atoms with E-state index < -0.39 is 5.97 Å². The van der Waals surface area contributed by atoms with Crippen LogP contribution >= 0.6 is 0 Å². The van der Waals surface area contributed by atoms with Crippen LogP contribution < -0.4 is 5.32 Å². The van der Waals surface area contributed by atoms with E-state index in [2.05, 4.69) is 10.4 Å². The summed E-state index contributed by atoms with van der Waals surface area (Å²) in [6.07, 6.45) is 0. The molecular weight excluding hydrogens is 358 g/mol. The number of aromatic nitrogens is 2. The molecule has 0 unspecified atom stereocenters. The number of hydrogen-bond donors (Lipinski definition) is 1. The molecular formula is C21H21N3O4. The van der Waals surface area contributed by atoms with Gasteiger partial charge in [0.15, 0.2) is 12.3 Å². The van der Waals surface area contributed by atoms with Gasteiger partial charge in [-0.25, -0.2) is 9.48 Å². The maximum absolute atomic E-state index is 12.6. The van der Waals surface area contributed by atoms with Crippen molar-refractivity contribution in [2.75, 3.05) is 26.9 Å². The van der Waals surface area contributed by atoms with Crippen LogP contribution in [0.25, 0.3) is 16.9 Å². The van der Waals surface area contributed by atoms with Crippen LogP contribution in [0.15, 0.2) is 66.7 Å². The van der Waals surface area contributed by atoms with E-state index in [0.717, 1.165) is 11.3 Å². The summed E-state index contributed by atoms with van der Waals surface area (Å²) in [5.41, 5.74) is 2.49. The van der Waals surface area contributed by atoms with Gasteiger partial charge in [-0.3, -0.25) is 4.79 Å². The highest BCUT2D eigenvalue weighted by atomic mass is 16.5. The minimum absolute atomic E-state index is 0.245. The van der Waals surface area contributed by atoms with Crippen molar-refractivity contribution in [3.63, 3.8) is 0 Å². The third-order valence-corrected chi connectivity index (χ3v) is 3.95. The molecule has 1 N–H and O–H groups in total. The van der Waals surface area contributed by atoms with Gasteiger partial charge >= 0.3 is 5.97 Å². The van der Waals surface area contributed by atoms with E-state index in [1.807, 2.05) is 60.7 Å². The van der Waals surface area contributed by atoms with Gasteiger partial charge < -0.3 is 14.8 Å². The van der Waals surface area contributed by atoms with Crippen LogP contribution in [0.2, 0.25) is 0 Å². The van der Waals surface area contributed by atoms with Gasteiger partial charge in [-0.05, 0) is 18.2 Å². The Kier molecular flexibility index (Phi) is 6.54. The molecule has 0 aliphatic carbocycles. The summed E-state index contributed by atoms with van der Waals surface area (Å²) < 4.78 is 11.6. The summed E-state index contributed by atoms with van der Waals surface area (Å²) in [4.78, 5) is 24.4. The van der Waals surface area contributed by atoms with Crippen LogP contribution in [0.5, 0.6) is 0 Å². The molecule has 3 aromatic rings. The number of rotatable bonds is 8. The zero-order valence-electron chi connectivity index (χ0n) is 15.5. The predicted octanol–water partition coefficient (Wildman–Crippen LogP) is 2.46. The number of amides is 1. The fourth-order valence-electron chi connectivity index (χ4n) is 2.59. The third-order valence-electron chi connectivity index (χ3n) is 3.95. The van der Waals surface area contributed by atoms with Gasteiger partial charge in [-0.2, -0.15) is 5.10 Å². The summed E-state index contributed by atoms with van der Waals surface area (Å²) in [6, 6.07) is 20.5. The number of hydrogen-bond acceptors (Lipinski definition) is 5. The van der Waals surface area contributed by atoms with Crippen molar-refractivity contribution in [1.29, 1.82) is 0 Å². The number of esters is 1. The molecule has 28 heavy (non-hydrogen) atoms. The van der Waals surface area contributed by atoms with Gasteiger partial charge in [0.25, 0.3) is 5.91 Å². The Hall–Kier alpha value is -3.45. The molecule has 0 aliphatic heterocycles. The molecule has 0 saturated carbocycles. The average Bonchev–Trinajstić information content (AvgIpc) is 3.19. The lowest BCUT2D eigenvalue weighted by Gasteiger charge is -2.08. The molecule has 1 amide bonds. The molecule has 0 saturated heterocycles. The van der Waals surface area contributed by atoms with Crippen molar-refractivity contribution in [3.05, 3.63) is 72.4 Å². The van der Waals surface area contributed by atoms with Crippen molar-refractivity contribution >= 4 is 11.9 Å². The maximum Gasteiger partial charge on any atom is 0.357 e. The summed E-state index contributed by atoms with van der Waals surface area (Å²) >= 11 is 0. The lowest BCUT2D eigenvalue weighted by Crippen LogP contribution is -2.31. The van der Waals surface area contributed by atoms with E-state index in [9.17, 15) is 9.59 Å². The number of methoxy groups -OCH3 is 1. The van der Waals surface area contributed by atoms with Crippen LogP contribution in [-0.2, 0) is 14.3 Å². The van der Waals surface area contributed by atoms with E-state index in [1.54, 1.807) is 13.2 Å². The molecule has 2 aromatic carbocycles. The third kappa shape index (κ3) is 4.83. The monoisotopic (exact) mass is 379 g/mol. The Bertz CT molecular complexity index is 923. The van der Waals surface area contributed by atoms with Gasteiger partial charge in [0.1, 0.15) is 0 Å². The Morgan fingerprint density at radius 2 is 1.71 bits per heavy atom. The smallest absolute Gasteiger partial charge is 0.357 e. The Morgan fingerprint density at radius 1 is 1.04 bits per heavy atom. The first-order valence-electron chi connectivity index (χ1n) is 8.82. The second kappa shape index (κ2) is 9.48. The molecule has 3 rings (SSSR count). The molecule has 144 valence electrons. The molecule has 7 nitrogen and oxygen atoms in total. The molecule has 1 aromatic heterocycles. The number of carbonyl (C=O) groups excluding carboxylic acids is 2. The topological polar surface area (TPSA) is 82.4 Å². The second-order valence-electron chi connectivity index (χ2n) is 5.95. The molecule has 0 fully saturated rings. The number of benzene rings is 2. The Morgan fingerprint density at radius 3 is 2.39 bits per heavy atom. The van der Waals surface area contributed by atoms with E-state index in [-0.39, 0.29) is 18.2 Å². The van der Waals surface area contributed by atoms with Crippen LogP contribution in [0.4, 0.5) is 0 Å². The predicted molar refractivity (Wildman–Crippen MR) is 104 cm³/mol. The first kappa shape index (κ1) is 19.3. The lowest BCUT2D eigenvalue weighted by atomic mass is 10.1. The maximum atomic E-state index is 12.6. The summed E-state index contributed by atoms with van der Waals surface area (Å²) in [6.45, 7) is 0.372. The second-order valence-corrected chi connectivity index (χ2v) is 5.95. The average molecular weight is 379 g/mol. The summed E-state index contributed by atoms with van der Waals surface area (Å²) in [5.74, 6) is -1.01. The number of carbonyl (C=O) groups is 2. The van der Waals surface area contributed by atoms with Crippen molar-refractivity contribution in [2.24, 2.45) is 0 Å². The molecule has 0 aliphatic rings. The molecule has 0 bridgehead atoms. The lowest BCUT2D eigenvalue weighted by molar-refractivity contribution is -0.124. The first-order chi connectivity index (χ1) is 13.7. The fraction of sp³-hybridized carbons (Fsp3) is 0.190. The largest absolute Gasteiger partial charge is 0.451 e. The van der Waals surface area contributed by atoms with Crippen LogP contribution in [0, 0.1) is 0 Å². The molecule has 1 heterocycles. The van der Waals surface area contributed by atoms with Gasteiger partial charge in [0.2, 0.25) is 0 Å². The minimum atomic E-state index is -0.625. The van der Waals surface area contributed by atoms with E-state index in [1.165, 1.54) is 4.68 Å². The summed E-state index contributed by atoms with van der Waals surface area (Å²) in [5, 5.41) is 7.16. The highest BCUT2D eigenvalue weighted by Gasteiger charge is 2.19. The van der Waals surface area contributed by atoms with Gasteiger partial charge in [-0.1, -0.05) is 48.5 Å². The quantitative estimate of drug-likeness (QED) is 0.480. The van der Waals surface area contributed by atoms with Crippen molar-refractivity contribution < 1.29 is 19.1 Å². The van der Waals surface area contributed by atoms with E-state index >= 15 is 0 Å². The zero-order valence-corrected chi connectivity index (χ0v) is 15.5. The standard InChI is InChI=1S/C21H21N3O4/c1-27-13-12-22-20(25)15-28-21(26)19-14-18(16-8-4-2-5-9-16)23-24(19)17-10-6-3-7-11-17/h2-11,14H,12-13,15H2,1H3,(H,22,25). The van der Waals surface area contributed by atoms with Gasteiger partial charge in [-0.15, -0.1) is 0 Å². The van der Waals surface area contributed by atoms with Gasteiger partial charge in [0.05, 0.1) is 18.0 Å². The summed E-state index contributed by atoms with van der Waals surface area (Å²) in [7, 11) is 1.54. The van der Waals surface area contributed by atoms with Crippen molar-refractivity contribution in [3.8, 4) is 16.9 Å². The number of para-hydroxylation sites is 1. The van der Waals surface area contributed by atoms with Crippen LogP contribution in [0.1, 0.15) is 10.5 Å². The van der Waals surface area contributed by atoms with Crippen LogP contribution in [0.3, 0.4) is 0 Å². The highest BCUT2D eigenvalue weighted by Crippen LogP contribution is 2.22. The van der Waals surface area contributed by atoms with Crippen molar-refractivity contribution in [1.82, 2.24) is 15.1 Å².